The Morgan fingerprint density at radius 1 is 0.667 bits per heavy atom. The van der Waals surface area contributed by atoms with Crippen LogP contribution in [0.5, 0.6) is 23.0 Å². The number of terminal acetylenes is 2. The minimum atomic E-state index is -0.112. The van der Waals surface area contributed by atoms with Crippen molar-refractivity contribution >= 4 is 21.5 Å². The molecule has 0 aromatic heterocycles. The molecule has 0 saturated heterocycles. The van der Waals surface area contributed by atoms with E-state index < -0.39 is 0 Å². The van der Waals surface area contributed by atoms with Gasteiger partial charge in [-0.25, -0.2) is 0 Å². The number of rotatable bonds is 5. The number of benzene rings is 4. The second-order valence-corrected chi connectivity index (χ2v) is 6.62. The fourth-order valence-electron chi connectivity index (χ4n) is 3.59. The molecule has 0 unspecified atom stereocenters. The smallest absolute Gasteiger partial charge is 0.166 e. The van der Waals surface area contributed by atoms with Gasteiger partial charge in [-0.2, -0.15) is 0 Å². The van der Waals surface area contributed by atoms with Gasteiger partial charge in [0.1, 0.15) is 13.2 Å². The van der Waals surface area contributed by atoms with Crippen molar-refractivity contribution in [3.8, 4) is 58.8 Å². The van der Waals surface area contributed by atoms with E-state index in [1.807, 2.05) is 48.5 Å². The zero-order chi connectivity index (χ0) is 21.1. The average molecular weight is 394 g/mol. The first-order valence-electron chi connectivity index (χ1n) is 9.28. The summed E-state index contributed by atoms with van der Waals surface area (Å²) in [5.74, 6) is 5.05. The summed E-state index contributed by atoms with van der Waals surface area (Å²) in [6.45, 7) is 0.00673. The maximum atomic E-state index is 11.1. The lowest BCUT2D eigenvalue weighted by atomic mass is 9.91. The summed E-state index contributed by atoms with van der Waals surface area (Å²) in [6.07, 6.45) is 10.6. The first-order valence-corrected chi connectivity index (χ1v) is 9.28. The van der Waals surface area contributed by atoms with Gasteiger partial charge in [-0.1, -0.05) is 60.4 Å². The number of hydrogen-bond donors (Lipinski definition) is 2. The summed E-state index contributed by atoms with van der Waals surface area (Å²) in [4.78, 5) is 0. The molecule has 4 aromatic rings. The zero-order valence-electron chi connectivity index (χ0n) is 16.1. The molecule has 30 heavy (non-hydrogen) atoms. The highest BCUT2D eigenvalue weighted by Crippen LogP contribution is 2.51. The van der Waals surface area contributed by atoms with Crippen LogP contribution in [0.3, 0.4) is 0 Å². The lowest BCUT2D eigenvalue weighted by Crippen LogP contribution is -1.98. The lowest BCUT2D eigenvalue weighted by Gasteiger charge is -2.18. The SMILES string of the molecule is C#CCOc1cc2ccccc2c(-c2c(O)c(OCC#C)cc3ccccc23)c1O. The highest BCUT2D eigenvalue weighted by molar-refractivity contribution is 6.11. The van der Waals surface area contributed by atoms with Gasteiger partial charge in [0, 0.05) is 11.1 Å². The molecule has 0 aliphatic carbocycles. The van der Waals surface area contributed by atoms with Crippen LogP contribution in [0.25, 0.3) is 32.7 Å². The molecular formula is C26H18O4. The number of fused-ring (bicyclic) bond motifs is 2. The molecule has 0 saturated carbocycles. The fourth-order valence-corrected chi connectivity index (χ4v) is 3.59. The van der Waals surface area contributed by atoms with Gasteiger partial charge in [0.25, 0.3) is 0 Å². The topological polar surface area (TPSA) is 58.9 Å². The Hall–Kier alpha value is -4.28. The number of phenolic OH excluding ortho intramolecular Hbond substituents is 2. The summed E-state index contributed by atoms with van der Waals surface area (Å²) in [7, 11) is 0. The van der Waals surface area contributed by atoms with Crippen LogP contribution in [0.4, 0.5) is 0 Å². The molecule has 0 aliphatic rings. The molecule has 0 heterocycles. The van der Waals surface area contributed by atoms with Crippen LogP contribution in [-0.4, -0.2) is 23.4 Å². The predicted molar refractivity (Wildman–Crippen MR) is 119 cm³/mol. The van der Waals surface area contributed by atoms with E-state index in [9.17, 15) is 10.2 Å². The third-order valence-electron chi connectivity index (χ3n) is 4.85. The van der Waals surface area contributed by atoms with Crippen molar-refractivity contribution in [3.05, 3.63) is 60.7 Å². The van der Waals surface area contributed by atoms with E-state index in [4.69, 9.17) is 22.3 Å². The molecule has 4 aromatic carbocycles. The minimum Gasteiger partial charge on any atom is -0.504 e. The highest BCUT2D eigenvalue weighted by Gasteiger charge is 2.23. The molecule has 4 heteroatoms. The molecule has 0 fully saturated rings. The Morgan fingerprint density at radius 2 is 1.07 bits per heavy atom. The van der Waals surface area contributed by atoms with Crippen molar-refractivity contribution in [2.24, 2.45) is 0 Å². The molecule has 146 valence electrons. The van der Waals surface area contributed by atoms with Gasteiger partial charge in [-0.15, -0.1) is 12.8 Å². The number of phenols is 2. The molecule has 4 nitrogen and oxygen atoms in total. The maximum absolute atomic E-state index is 11.1. The Bertz CT molecular complexity index is 1230. The quantitative estimate of drug-likeness (QED) is 0.463. The zero-order valence-corrected chi connectivity index (χ0v) is 16.1. The Morgan fingerprint density at radius 3 is 1.47 bits per heavy atom. The maximum Gasteiger partial charge on any atom is 0.166 e. The average Bonchev–Trinajstić information content (AvgIpc) is 2.77. The monoisotopic (exact) mass is 394 g/mol. The first-order chi connectivity index (χ1) is 14.7. The van der Waals surface area contributed by atoms with Gasteiger partial charge in [0.05, 0.1) is 0 Å². The summed E-state index contributed by atoms with van der Waals surface area (Å²) in [5.41, 5.74) is 0.861. The number of hydrogen-bond acceptors (Lipinski definition) is 4. The van der Waals surface area contributed by atoms with Gasteiger partial charge < -0.3 is 19.7 Å². The van der Waals surface area contributed by atoms with E-state index in [-0.39, 0.29) is 36.2 Å². The molecule has 0 atom stereocenters. The Labute approximate surface area is 174 Å². The van der Waals surface area contributed by atoms with E-state index in [0.717, 1.165) is 21.5 Å². The summed E-state index contributed by atoms with van der Waals surface area (Å²) in [6, 6.07) is 18.5. The second kappa shape index (κ2) is 7.99. The van der Waals surface area contributed by atoms with E-state index >= 15 is 0 Å². The lowest BCUT2D eigenvalue weighted by molar-refractivity contribution is 0.341. The highest BCUT2D eigenvalue weighted by atomic mass is 16.5. The number of ether oxygens (including phenoxy) is 2. The van der Waals surface area contributed by atoms with Gasteiger partial charge >= 0.3 is 0 Å². The fraction of sp³-hybridized carbons (Fsp3) is 0.0769. The largest absolute Gasteiger partial charge is 0.504 e. The van der Waals surface area contributed by atoms with Crippen LogP contribution in [0, 0.1) is 24.7 Å². The summed E-state index contributed by atoms with van der Waals surface area (Å²) in [5, 5.41) is 25.4. The molecule has 0 bridgehead atoms. The van der Waals surface area contributed by atoms with Gasteiger partial charge in [0.2, 0.25) is 0 Å². The standard InChI is InChI=1S/C26H18O4/c1-3-13-29-21-15-17-9-5-7-11-19(17)23(25(21)27)24-20-12-8-6-10-18(20)16-22(26(24)28)30-14-4-2/h1-2,5-12,15-16,27-28H,13-14H2. The summed E-state index contributed by atoms with van der Waals surface area (Å²) < 4.78 is 11.2. The molecule has 2 N–H and O–H groups in total. The molecule has 0 spiro atoms. The second-order valence-electron chi connectivity index (χ2n) is 6.62. The third kappa shape index (κ3) is 3.21. The van der Waals surface area contributed by atoms with Crippen molar-refractivity contribution in [2.75, 3.05) is 13.2 Å². The van der Waals surface area contributed by atoms with Crippen LogP contribution in [0.2, 0.25) is 0 Å². The molecular weight excluding hydrogens is 376 g/mol. The van der Waals surface area contributed by atoms with Crippen LogP contribution < -0.4 is 9.47 Å². The van der Waals surface area contributed by atoms with Crippen molar-refractivity contribution in [3.63, 3.8) is 0 Å². The Kier molecular flexibility index (Phi) is 5.08. The molecule has 0 radical (unpaired) electrons. The van der Waals surface area contributed by atoms with Crippen molar-refractivity contribution < 1.29 is 19.7 Å². The van der Waals surface area contributed by atoms with Crippen LogP contribution in [0.15, 0.2) is 60.7 Å². The molecule has 4 rings (SSSR count). The third-order valence-corrected chi connectivity index (χ3v) is 4.85. The number of aromatic hydroxyl groups is 2. The molecule has 0 amide bonds. The van der Waals surface area contributed by atoms with Gasteiger partial charge in [0.15, 0.2) is 23.0 Å². The van der Waals surface area contributed by atoms with E-state index in [1.165, 1.54) is 0 Å². The van der Waals surface area contributed by atoms with Crippen LogP contribution >= 0.6 is 0 Å². The van der Waals surface area contributed by atoms with E-state index in [2.05, 4.69) is 11.8 Å². The summed E-state index contributed by atoms with van der Waals surface area (Å²) >= 11 is 0. The molecule has 0 aliphatic heterocycles. The van der Waals surface area contributed by atoms with Crippen molar-refractivity contribution in [1.29, 1.82) is 0 Å². The minimum absolute atomic E-state index is 0.00336. The first kappa shape index (κ1) is 19.1. The van der Waals surface area contributed by atoms with Gasteiger partial charge in [-0.05, 0) is 33.7 Å². The van der Waals surface area contributed by atoms with E-state index in [0.29, 0.717) is 11.1 Å². The van der Waals surface area contributed by atoms with Gasteiger partial charge in [-0.3, -0.25) is 0 Å². The van der Waals surface area contributed by atoms with Crippen molar-refractivity contribution in [2.45, 2.75) is 0 Å². The normalized spacial score (nSPS) is 10.5. The van der Waals surface area contributed by atoms with Crippen molar-refractivity contribution in [1.82, 2.24) is 0 Å². The van der Waals surface area contributed by atoms with E-state index in [1.54, 1.807) is 12.1 Å². The van der Waals surface area contributed by atoms with Crippen LogP contribution in [0.1, 0.15) is 0 Å². The van der Waals surface area contributed by atoms with Crippen LogP contribution in [-0.2, 0) is 0 Å². The predicted octanol–water partition coefficient (Wildman–Crippen LogP) is 5.10. The Balaban J connectivity index is 2.12.